The lowest BCUT2D eigenvalue weighted by atomic mass is 10.0. The van der Waals surface area contributed by atoms with Gasteiger partial charge in [0.2, 0.25) is 5.91 Å². The van der Waals surface area contributed by atoms with Crippen molar-refractivity contribution < 1.29 is 4.79 Å². The first-order valence-corrected chi connectivity index (χ1v) is 9.79. The van der Waals surface area contributed by atoms with Gasteiger partial charge in [-0.3, -0.25) is 14.2 Å². The summed E-state index contributed by atoms with van der Waals surface area (Å²) < 4.78 is 1.44. The monoisotopic (exact) mass is 367 g/mol. The molecule has 134 valence electrons. The predicted molar refractivity (Wildman–Crippen MR) is 104 cm³/mol. The van der Waals surface area contributed by atoms with E-state index in [4.69, 9.17) is 0 Å². The van der Waals surface area contributed by atoms with Gasteiger partial charge in [0.25, 0.3) is 5.56 Å². The van der Waals surface area contributed by atoms with Crippen molar-refractivity contribution in [3.8, 4) is 10.4 Å². The van der Waals surface area contributed by atoms with Gasteiger partial charge in [-0.25, -0.2) is 4.98 Å². The number of fused-ring (bicyclic) bond motifs is 1. The summed E-state index contributed by atoms with van der Waals surface area (Å²) in [5.74, 6) is -0.000961. The lowest BCUT2D eigenvalue weighted by molar-refractivity contribution is -0.135. The van der Waals surface area contributed by atoms with Crippen LogP contribution in [0.5, 0.6) is 0 Å². The Morgan fingerprint density at radius 3 is 2.85 bits per heavy atom. The summed E-state index contributed by atoms with van der Waals surface area (Å²) in [6.07, 6.45) is 4.73. The number of hydrogen-bond acceptors (Lipinski definition) is 4. The number of amides is 1. The molecule has 1 aliphatic heterocycles. The largest absolute Gasteiger partial charge is 0.338 e. The number of rotatable bonds is 3. The zero-order valence-corrected chi connectivity index (χ0v) is 15.5. The van der Waals surface area contributed by atoms with Crippen molar-refractivity contribution >= 4 is 27.5 Å². The number of carbonyl (C=O) groups is 1. The number of thiophene rings is 1. The molecule has 0 unspecified atom stereocenters. The predicted octanol–water partition coefficient (Wildman–Crippen LogP) is 3.53. The van der Waals surface area contributed by atoms with E-state index in [1.165, 1.54) is 22.2 Å². The molecule has 0 N–H and O–H groups in total. The normalized spacial score (nSPS) is 17.6. The molecule has 0 aliphatic carbocycles. The lowest BCUT2D eigenvalue weighted by Crippen LogP contribution is -2.44. The van der Waals surface area contributed by atoms with Crippen molar-refractivity contribution in [3.63, 3.8) is 0 Å². The van der Waals surface area contributed by atoms with Crippen molar-refractivity contribution in [3.05, 3.63) is 53.1 Å². The van der Waals surface area contributed by atoms with E-state index in [9.17, 15) is 9.59 Å². The molecule has 6 heteroatoms. The molecule has 4 rings (SSSR count). The molecule has 1 aliphatic rings. The molecule has 3 aromatic rings. The van der Waals surface area contributed by atoms with E-state index < -0.39 is 0 Å². The highest BCUT2D eigenvalue weighted by Crippen LogP contribution is 2.30. The van der Waals surface area contributed by atoms with Crippen LogP contribution in [-0.2, 0) is 11.3 Å². The first-order valence-electron chi connectivity index (χ1n) is 8.97. The molecule has 2 aromatic heterocycles. The van der Waals surface area contributed by atoms with Gasteiger partial charge in [0.05, 0.1) is 11.7 Å². The maximum atomic E-state index is 12.8. The first-order chi connectivity index (χ1) is 12.6. The highest BCUT2D eigenvalue weighted by atomic mass is 32.1. The molecule has 0 radical (unpaired) electrons. The highest BCUT2D eigenvalue weighted by molar-refractivity contribution is 7.21. The van der Waals surface area contributed by atoms with Crippen LogP contribution in [0.1, 0.15) is 26.2 Å². The van der Waals surface area contributed by atoms with Gasteiger partial charge in [0.1, 0.15) is 11.4 Å². The van der Waals surface area contributed by atoms with E-state index in [1.54, 1.807) is 0 Å². The summed E-state index contributed by atoms with van der Waals surface area (Å²) in [4.78, 5) is 33.5. The Kier molecular flexibility index (Phi) is 4.59. The molecule has 3 heterocycles. The Labute approximate surface area is 155 Å². The first kappa shape index (κ1) is 17.0. The Morgan fingerprint density at radius 2 is 2.08 bits per heavy atom. The number of piperidine rings is 1. The van der Waals surface area contributed by atoms with Crippen LogP contribution in [0.3, 0.4) is 0 Å². The summed E-state index contributed by atoms with van der Waals surface area (Å²) in [6.45, 7) is 2.91. The fourth-order valence-electron chi connectivity index (χ4n) is 3.52. The number of likely N-dealkylation sites (tertiary alicyclic amines) is 1. The third kappa shape index (κ3) is 3.17. The molecule has 1 amide bonds. The SMILES string of the molecule is C[C@H]1CCCCN1C(=O)Cn1cnc2sc(-c3ccccc3)cc2c1=O. The quantitative estimate of drug-likeness (QED) is 0.712. The van der Waals surface area contributed by atoms with Crippen LogP contribution in [0.2, 0.25) is 0 Å². The second-order valence-corrected chi connectivity index (χ2v) is 7.84. The molecule has 26 heavy (non-hydrogen) atoms. The van der Waals surface area contributed by atoms with Crippen molar-refractivity contribution in [2.24, 2.45) is 0 Å². The van der Waals surface area contributed by atoms with E-state index in [0.717, 1.165) is 36.2 Å². The molecule has 0 bridgehead atoms. The Bertz CT molecular complexity index is 993. The zero-order valence-electron chi connectivity index (χ0n) is 14.7. The minimum atomic E-state index is -0.147. The topological polar surface area (TPSA) is 55.2 Å². The minimum absolute atomic E-state index is 0.000961. The van der Waals surface area contributed by atoms with Gasteiger partial charge >= 0.3 is 0 Å². The van der Waals surface area contributed by atoms with E-state index in [0.29, 0.717) is 10.2 Å². The van der Waals surface area contributed by atoms with Gasteiger partial charge in [-0.2, -0.15) is 0 Å². The van der Waals surface area contributed by atoms with Crippen molar-refractivity contribution in [1.82, 2.24) is 14.5 Å². The van der Waals surface area contributed by atoms with E-state index >= 15 is 0 Å². The summed E-state index contributed by atoms with van der Waals surface area (Å²) in [6, 6.07) is 12.1. The molecular formula is C20H21N3O2S. The number of nitrogens with zero attached hydrogens (tertiary/aromatic N) is 3. The smallest absolute Gasteiger partial charge is 0.262 e. The number of benzene rings is 1. The van der Waals surface area contributed by atoms with Crippen LogP contribution in [0.15, 0.2) is 47.5 Å². The van der Waals surface area contributed by atoms with E-state index in [1.807, 2.05) is 41.3 Å². The van der Waals surface area contributed by atoms with Gasteiger partial charge in [-0.15, -0.1) is 11.3 Å². The van der Waals surface area contributed by atoms with E-state index in [2.05, 4.69) is 11.9 Å². The number of hydrogen-bond donors (Lipinski definition) is 0. The van der Waals surface area contributed by atoms with Crippen LogP contribution in [0, 0.1) is 0 Å². The summed E-state index contributed by atoms with van der Waals surface area (Å²) in [5.41, 5.74) is 0.922. The molecule has 1 fully saturated rings. The van der Waals surface area contributed by atoms with Gasteiger partial charge in [-0.1, -0.05) is 30.3 Å². The average Bonchev–Trinajstić information content (AvgIpc) is 3.10. The fraction of sp³-hybridized carbons (Fsp3) is 0.350. The third-order valence-electron chi connectivity index (χ3n) is 5.01. The van der Waals surface area contributed by atoms with Crippen molar-refractivity contribution in [2.45, 2.75) is 38.8 Å². The number of aromatic nitrogens is 2. The van der Waals surface area contributed by atoms with Crippen LogP contribution >= 0.6 is 11.3 Å². The molecule has 0 saturated carbocycles. The van der Waals surface area contributed by atoms with Crippen LogP contribution in [0.25, 0.3) is 20.7 Å². The zero-order chi connectivity index (χ0) is 18.1. The van der Waals surface area contributed by atoms with Gasteiger partial charge in [0, 0.05) is 17.5 Å². The van der Waals surface area contributed by atoms with Crippen molar-refractivity contribution in [2.75, 3.05) is 6.54 Å². The molecule has 5 nitrogen and oxygen atoms in total. The summed E-state index contributed by atoms with van der Waals surface area (Å²) in [7, 11) is 0. The Morgan fingerprint density at radius 1 is 1.27 bits per heavy atom. The van der Waals surface area contributed by atoms with Gasteiger partial charge < -0.3 is 4.90 Å². The van der Waals surface area contributed by atoms with E-state index in [-0.39, 0.29) is 24.1 Å². The molecule has 1 aromatic carbocycles. The number of carbonyl (C=O) groups excluding carboxylic acids is 1. The second-order valence-electron chi connectivity index (χ2n) is 6.81. The van der Waals surface area contributed by atoms with Crippen LogP contribution in [-0.4, -0.2) is 32.9 Å². The second kappa shape index (κ2) is 7.03. The molecule has 1 saturated heterocycles. The fourth-order valence-corrected chi connectivity index (χ4v) is 4.52. The van der Waals surface area contributed by atoms with Gasteiger partial charge in [0.15, 0.2) is 0 Å². The summed E-state index contributed by atoms with van der Waals surface area (Å²) >= 11 is 1.50. The molecular weight excluding hydrogens is 346 g/mol. The maximum Gasteiger partial charge on any atom is 0.262 e. The minimum Gasteiger partial charge on any atom is -0.338 e. The molecule has 0 spiro atoms. The van der Waals surface area contributed by atoms with Crippen LogP contribution in [0.4, 0.5) is 0 Å². The highest BCUT2D eigenvalue weighted by Gasteiger charge is 2.23. The standard InChI is InChI=1S/C20H21N3O2S/c1-14-7-5-6-10-23(14)18(24)12-22-13-21-19-16(20(22)25)11-17(26-19)15-8-3-2-4-9-15/h2-4,8-9,11,13-14H,5-7,10,12H2,1H3/t14-/m0/s1. The Balaban J connectivity index is 1.63. The van der Waals surface area contributed by atoms with Crippen molar-refractivity contribution in [1.29, 1.82) is 0 Å². The Hall–Kier alpha value is -2.47. The maximum absolute atomic E-state index is 12.8. The van der Waals surface area contributed by atoms with Gasteiger partial charge in [-0.05, 0) is 37.8 Å². The molecule has 1 atom stereocenters. The summed E-state index contributed by atoms with van der Waals surface area (Å²) in [5, 5.41) is 0.579. The van der Waals surface area contributed by atoms with Crippen LogP contribution < -0.4 is 5.56 Å². The lowest BCUT2D eigenvalue weighted by Gasteiger charge is -2.33. The average molecular weight is 367 g/mol. The third-order valence-corrected chi connectivity index (χ3v) is 6.10.